The van der Waals surface area contributed by atoms with Crippen molar-refractivity contribution in [3.05, 3.63) is 58.3 Å². The molecule has 6 heteroatoms. The standard InChI is InChI=1S/C14H8ClFN2OS/c15-9-2-3-10(16)12(6-9)18-14(19)8-1-4-11-13(5-8)20-7-17-11/h1-7H,(H,18,19). The molecule has 0 atom stereocenters. The summed E-state index contributed by atoms with van der Waals surface area (Å²) in [7, 11) is 0. The second kappa shape index (κ2) is 5.19. The molecular weight excluding hydrogens is 299 g/mol. The van der Waals surface area contributed by atoms with E-state index >= 15 is 0 Å². The molecule has 0 radical (unpaired) electrons. The number of hydrogen-bond acceptors (Lipinski definition) is 3. The molecule has 0 bridgehead atoms. The van der Waals surface area contributed by atoms with Crippen LogP contribution < -0.4 is 5.32 Å². The molecule has 20 heavy (non-hydrogen) atoms. The van der Waals surface area contributed by atoms with Gasteiger partial charge in [0.1, 0.15) is 5.82 Å². The summed E-state index contributed by atoms with van der Waals surface area (Å²) in [6.45, 7) is 0. The molecule has 100 valence electrons. The Balaban J connectivity index is 1.90. The second-order valence-electron chi connectivity index (χ2n) is 4.11. The maximum absolute atomic E-state index is 13.6. The van der Waals surface area contributed by atoms with Crippen LogP contribution in [-0.4, -0.2) is 10.9 Å². The van der Waals surface area contributed by atoms with Gasteiger partial charge in [-0.1, -0.05) is 11.6 Å². The third-order valence-corrected chi connectivity index (χ3v) is 3.80. The van der Waals surface area contributed by atoms with Crippen LogP contribution in [0.4, 0.5) is 10.1 Å². The molecule has 0 aliphatic carbocycles. The van der Waals surface area contributed by atoms with Gasteiger partial charge in [-0.3, -0.25) is 4.79 Å². The lowest BCUT2D eigenvalue weighted by Crippen LogP contribution is -2.12. The maximum Gasteiger partial charge on any atom is 0.255 e. The third kappa shape index (κ3) is 2.50. The fourth-order valence-electron chi connectivity index (χ4n) is 1.78. The Labute approximate surface area is 123 Å². The number of nitrogens with zero attached hydrogens (tertiary/aromatic N) is 1. The maximum atomic E-state index is 13.6. The topological polar surface area (TPSA) is 42.0 Å². The summed E-state index contributed by atoms with van der Waals surface area (Å²) in [5, 5.41) is 2.87. The number of carbonyl (C=O) groups excluding carboxylic acids is 1. The first kappa shape index (κ1) is 13.0. The molecule has 0 fully saturated rings. The van der Waals surface area contributed by atoms with Crippen LogP contribution in [0.25, 0.3) is 10.2 Å². The van der Waals surface area contributed by atoms with E-state index in [1.165, 1.54) is 29.5 Å². The Kier molecular flexibility index (Phi) is 3.38. The molecule has 1 aromatic heterocycles. The van der Waals surface area contributed by atoms with E-state index in [0.29, 0.717) is 10.6 Å². The number of anilines is 1. The molecule has 2 aromatic carbocycles. The largest absolute Gasteiger partial charge is 0.319 e. The van der Waals surface area contributed by atoms with Crippen molar-refractivity contribution in [2.24, 2.45) is 0 Å². The van der Waals surface area contributed by atoms with Crippen LogP contribution >= 0.6 is 22.9 Å². The van der Waals surface area contributed by atoms with Gasteiger partial charge in [0, 0.05) is 10.6 Å². The van der Waals surface area contributed by atoms with E-state index in [1.54, 1.807) is 23.7 Å². The molecule has 0 aliphatic heterocycles. The van der Waals surface area contributed by atoms with Crippen molar-refractivity contribution in [2.75, 3.05) is 5.32 Å². The number of rotatable bonds is 2. The number of thiazole rings is 1. The van der Waals surface area contributed by atoms with Crippen LogP contribution in [0.1, 0.15) is 10.4 Å². The summed E-state index contributed by atoms with van der Waals surface area (Å²) in [5.41, 5.74) is 3.05. The molecule has 0 aliphatic rings. The first-order chi connectivity index (χ1) is 9.63. The predicted octanol–water partition coefficient (Wildman–Crippen LogP) is 4.34. The van der Waals surface area contributed by atoms with E-state index < -0.39 is 5.82 Å². The van der Waals surface area contributed by atoms with Crippen LogP contribution in [0, 0.1) is 5.82 Å². The number of carbonyl (C=O) groups is 1. The minimum absolute atomic E-state index is 0.0619. The monoisotopic (exact) mass is 306 g/mol. The van der Waals surface area contributed by atoms with Gasteiger partial charge >= 0.3 is 0 Å². The van der Waals surface area contributed by atoms with E-state index in [9.17, 15) is 9.18 Å². The first-order valence-electron chi connectivity index (χ1n) is 5.73. The molecule has 3 aromatic rings. The quantitative estimate of drug-likeness (QED) is 0.765. The first-order valence-corrected chi connectivity index (χ1v) is 6.99. The number of aromatic nitrogens is 1. The Hall–Kier alpha value is -1.98. The number of nitrogens with one attached hydrogen (secondary N) is 1. The van der Waals surface area contributed by atoms with Crippen molar-refractivity contribution in [3.63, 3.8) is 0 Å². The fraction of sp³-hybridized carbons (Fsp3) is 0. The summed E-state index contributed by atoms with van der Waals surface area (Å²) in [6.07, 6.45) is 0. The van der Waals surface area contributed by atoms with Crippen molar-refractivity contribution >= 4 is 44.7 Å². The number of benzene rings is 2. The van der Waals surface area contributed by atoms with Gasteiger partial charge in [0.15, 0.2) is 0 Å². The number of amides is 1. The van der Waals surface area contributed by atoms with E-state index in [1.807, 2.05) is 0 Å². The fourth-order valence-corrected chi connectivity index (χ4v) is 2.67. The molecule has 0 spiro atoms. The molecule has 0 saturated heterocycles. The van der Waals surface area contributed by atoms with Gasteiger partial charge < -0.3 is 5.32 Å². The molecule has 1 amide bonds. The van der Waals surface area contributed by atoms with Crippen molar-refractivity contribution in [1.29, 1.82) is 0 Å². The van der Waals surface area contributed by atoms with E-state index in [-0.39, 0.29) is 11.6 Å². The summed E-state index contributed by atoms with van der Waals surface area (Å²) in [4.78, 5) is 16.2. The lowest BCUT2D eigenvalue weighted by molar-refractivity contribution is 0.102. The van der Waals surface area contributed by atoms with E-state index in [4.69, 9.17) is 11.6 Å². The Morgan fingerprint density at radius 2 is 2.10 bits per heavy atom. The van der Waals surface area contributed by atoms with Gasteiger partial charge in [0.05, 0.1) is 21.4 Å². The summed E-state index contributed by atoms with van der Waals surface area (Å²) in [5.74, 6) is -0.914. The third-order valence-electron chi connectivity index (χ3n) is 2.77. The smallest absolute Gasteiger partial charge is 0.255 e. The van der Waals surface area contributed by atoms with Gasteiger partial charge in [-0.05, 0) is 36.4 Å². The molecule has 0 saturated carbocycles. The highest BCUT2D eigenvalue weighted by molar-refractivity contribution is 7.16. The van der Waals surface area contributed by atoms with Crippen LogP contribution in [0.15, 0.2) is 41.9 Å². The second-order valence-corrected chi connectivity index (χ2v) is 5.44. The molecule has 1 N–H and O–H groups in total. The van der Waals surface area contributed by atoms with Gasteiger partial charge in [0.25, 0.3) is 5.91 Å². The van der Waals surface area contributed by atoms with Crippen LogP contribution in [0.2, 0.25) is 5.02 Å². The lowest BCUT2D eigenvalue weighted by atomic mass is 10.2. The minimum atomic E-state index is -0.526. The highest BCUT2D eigenvalue weighted by Gasteiger charge is 2.11. The Morgan fingerprint density at radius 3 is 2.95 bits per heavy atom. The highest BCUT2D eigenvalue weighted by Crippen LogP contribution is 2.22. The lowest BCUT2D eigenvalue weighted by Gasteiger charge is -2.07. The highest BCUT2D eigenvalue weighted by atomic mass is 35.5. The average Bonchev–Trinajstić information content (AvgIpc) is 2.90. The zero-order chi connectivity index (χ0) is 14.1. The summed E-state index contributed by atoms with van der Waals surface area (Å²) >= 11 is 7.23. The van der Waals surface area contributed by atoms with Crippen LogP contribution in [0.5, 0.6) is 0 Å². The molecule has 1 heterocycles. The zero-order valence-electron chi connectivity index (χ0n) is 10.1. The number of halogens is 2. The van der Waals surface area contributed by atoms with E-state index in [0.717, 1.165) is 10.2 Å². The molecule has 0 unspecified atom stereocenters. The van der Waals surface area contributed by atoms with E-state index in [2.05, 4.69) is 10.3 Å². The normalized spacial score (nSPS) is 10.7. The van der Waals surface area contributed by atoms with Gasteiger partial charge in [-0.25, -0.2) is 9.37 Å². The minimum Gasteiger partial charge on any atom is -0.319 e. The molecule has 3 nitrogen and oxygen atoms in total. The Bertz CT molecular complexity index is 803. The number of fused-ring (bicyclic) bond motifs is 1. The average molecular weight is 307 g/mol. The van der Waals surface area contributed by atoms with Gasteiger partial charge in [-0.15, -0.1) is 11.3 Å². The van der Waals surface area contributed by atoms with Crippen molar-refractivity contribution in [1.82, 2.24) is 4.98 Å². The molecule has 3 rings (SSSR count). The van der Waals surface area contributed by atoms with Crippen LogP contribution in [-0.2, 0) is 0 Å². The summed E-state index contributed by atoms with van der Waals surface area (Å²) < 4.78 is 14.5. The summed E-state index contributed by atoms with van der Waals surface area (Å²) in [6, 6.07) is 9.15. The predicted molar refractivity (Wildman–Crippen MR) is 79.0 cm³/mol. The SMILES string of the molecule is O=C(Nc1cc(Cl)ccc1F)c1ccc2ncsc2c1. The number of hydrogen-bond donors (Lipinski definition) is 1. The van der Waals surface area contributed by atoms with Crippen molar-refractivity contribution in [3.8, 4) is 0 Å². The Morgan fingerprint density at radius 1 is 1.25 bits per heavy atom. The van der Waals surface area contributed by atoms with Gasteiger partial charge in [0.2, 0.25) is 0 Å². The van der Waals surface area contributed by atoms with Crippen molar-refractivity contribution < 1.29 is 9.18 Å². The van der Waals surface area contributed by atoms with Crippen LogP contribution in [0.3, 0.4) is 0 Å². The zero-order valence-corrected chi connectivity index (χ0v) is 11.6. The molecular formula is C14H8ClFN2OS. The van der Waals surface area contributed by atoms with Crippen molar-refractivity contribution in [2.45, 2.75) is 0 Å². The van der Waals surface area contributed by atoms with Gasteiger partial charge in [-0.2, -0.15) is 0 Å².